The SMILES string of the molecule is CCOc1ccc(CNC(=O)CCCc2nc3ccccc3s2)cc1OC. The molecule has 3 rings (SSSR count). The van der Waals surface area contributed by atoms with Crippen LogP contribution in [0.3, 0.4) is 0 Å². The molecule has 0 spiro atoms. The Bertz CT molecular complexity index is 874. The number of amides is 1. The van der Waals surface area contributed by atoms with Crippen molar-refractivity contribution in [2.24, 2.45) is 0 Å². The molecular weight excluding hydrogens is 360 g/mol. The molecule has 0 bridgehead atoms. The van der Waals surface area contributed by atoms with Gasteiger partial charge in [0.15, 0.2) is 11.5 Å². The average molecular weight is 385 g/mol. The van der Waals surface area contributed by atoms with E-state index in [9.17, 15) is 4.79 Å². The maximum atomic E-state index is 12.1. The molecule has 0 aliphatic heterocycles. The largest absolute Gasteiger partial charge is 0.493 e. The van der Waals surface area contributed by atoms with Gasteiger partial charge in [-0.3, -0.25) is 4.79 Å². The average Bonchev–Trinajstić information content (AvgIpc) is 3.10. The van der Waals surface area contributed by atoms with Crippen LogP contribution in [0.15, 0.2) is 42.5 Å². The van der Waals surface area contributed by atoms with Gasteiger partial charge in [0.05, 0.1) is 28.9 Å². The molecule has 0 fully saturated rings. The second-order valence-electron chi connectivity index (χ2n) is 6.12. The quantitative estimate of drug-likeness (QED) is 0.596. The van der Waals surface area contributed by atoms with E-state index in [1.165, 1.54) is 4.70 Å². The van der Waals surface area contributed by atoms with E-state index in [4.69, 9.17) is 9.47 Å². The smallest absolute Gasteiger partial charge is 0.220 e. The standard InChI is InChI=1S/C21H24N2O3S/c1-3-26-17-12-11-15(13-18(17)25-2)14-22-20(24)9-6-10-21-23-16-7-4-5-8-19(16)27-21/h4-5,7-8,11-13H,3,6,9-10,14H2,1-2H3,(H,22,24). The van der Waals surface area contributed by atoms with E-state index in [0.717, 1.165) is 28.9 Å². The van der Waals surface area contributed by atoms with Crippen molar-refractivity contribution in [3.05, 3.63) is 53.0 Å². The molecule has 3 aromatic rings. The molecule has 5 nitrogen and oxygen atoms in total. The highest BCUT2D eigenvalue weighted by atomic mass is 32.1. The van der Waals surface area contributed by atoms with Gasteiger partial charge in [0.2, 0.25) is 5.91 Å². The highest BCUT2D eigenvalue weighted by Gasteiger charge is 2.08. The lowest BCUT2D eigenvalue weighted by Crippen LogP contribution is -2.22. The number of carbonyl (C=O) groups is 1. The number of benzene rings is 2. The lowest BCUT2D eigenvalue weighted by molar-refractivity contribution is -0.121. The number of hydrogen-bond donors (Lipinski definition) is 1. The summed E-state index contributed by atoms with van der Waals surface area (Å²) in [6.45, 7) is 2.99. The Morgan fingerprint density at radius 1 is 1.19 bits per heavy atom. The first-order chi connectivity index (χ1) is 13.2. The number of para-hydroxylation sites is 1. The van der Waals surface area contributed by atoms with Gasteiger partial charge in [0.1, 0.15) is 0 Å². The molecular formula is C21H24N2O3S. The summed E-state index contributed by atoms with van der Waals surface area (Å²) >= 11 is 1.70. The molecule has 2 aromatic carbocycles. The second-order valence-corrected chi connectivity index (χ2v) is 7.24. The molecule has 0 saturated heterocycles. The number of nitrogens with zero attached hydrogens (tertiary/aromatic N) is 1. The fourth-order valence-corrected chi connectivity index (χ4v) is 3.82. The third-order valence-electron chi connectivity index (χ3n) is 4.15. The van der Waals surface area contributed by atoms with Gasteiger partial charge in [-0.05, 0) is 49.6 Å². The Morgan fingerprint density at radius 3 is 2.81 bits per heavy atom. The lowest BCUT2D eigenvalue weighted by atomic mass is 10.2. The third-order valence-corrected chi connectivity index (χ3v) is 5.25. The van der Waals surface area contributed by atoms with Gasteiger partial charge >= 0.3 is 0 Å². The van der Waals surface area contributed by atoms with E-state index in [0.29, 0.717) is 31.1 Å². The molecule has 1 heterocycles. The number of fused-ring (bicyclic) bond motifs is 1. The van der Waals surface area contributed by atoms with Crippen molar-refractivity contribution in [2.45, 2.75) is 32.7 Å². The summed E-state index contributed by atoms with van der Waals surface area (Å²) < 4.78 is 12.0. The van der Waals surface area contributed by atoms with Crippen molar-refractivity contribution in [3.63, 3.8) is 0 Å². The Labute approximate surface area is 163 Å². The number of thiazole rings is 1. The van der Waals surface area contributed by atoms with Crippen LogP contribution in [0.1, 0.15) is 30.3 Å². The maximum absolute atomic E-state index is 12.1. The molecule has 1 amide bonds. The molecule has 27 heavy (non-hydrogen) atoms. The van der Waals surface area contributed by atoms with Crippen LogP contribution in [0.2, 0.25) is 0 Å². The van der Waals surface area contributed by atoms with Crippen LogP contribution >= 0.6 is 11.3 Å². The summed E-state index contributed by atoms with van der Waals surface area (Å²) in [4.78, 5) is 16.7. The molecule has 0 aliphatic rings. The Hall–Kier alpha value is -2.60. The zero-order valence-corrected chi connectivity index (χ0v) is 16.5. The van der Waals surface area contributed by atoms with E-state index in [-0.39, 0.29) is 5.91 Å². The highest BCUT2D eigenvalue weighted by Crippen LogP contribution is 2.28. The molecule has 0 aliphatic carbocycles. The highest BCUT2D eigenvalue weighted by molar-refractivity contribution is 7.18. The van der Waals surface area contributed by atoms with E-state index in [1.807, 2.05) is 43.3 Å². The van der Waals surface area contributed by atoms with Crippen LogP contribution < -0.4 is 14.8 Å². The minimum absolute atomic E-state index is 0.0453. The summed E-state index contributed by atoms with van der Waals surface area (Å²) in [7, 11) is 1.61. The first-order valence-electron chi connectivity index (χ1n) is 9.10. The van der Waals surface area contributed by atoms with Gasteiger partial charge in [-0.2, -0.15) is 0 Å². The second kappa shape index (κ2) is 9.37. The number of carbonyl (C=O) groups excluding carboxylic acids is 1. The summed E-state index contributed by atoms with van der Waals surface area (Å²) in [5.74, 6) is 1.44. The van der Waals surface area contributed by atoms with Crippen molar-refractivity contribution >= 4 is 27.5 Å². The Morgan fingerprint density at radius 2 is 2.04 bits per heavy atom. The molecule has 6 heteroatoms. The summed E-state index contributed by atoms with van der Waals surface area (Å²) in [5, 5.41) is 4.05. The third kappa shape index (κ3) is 5.20. The molecule has 0 atom stereocenters. The van der Waals surface area contributed by atoms with Crippen molar-refractivity contribution in [1.29, 1.82) is 0 Å². The van der Waals surface area contributed by atoms with Crippen LogP contribution in [0, 0.1) is 0 Å². The predicted octanol–water partition coefficient (Wildman–Crippen LogP) is 4.34. The van der Waals surface area contributed by atoms with Gasteiger partial charge < -0.3 is 14.8 Å². The van der Waals surface area contributed by atoms with Crippen LogP contribution in [0.4, 0.5) is 0 Å². The van der Waals surface area contributed by atoms with E-state index < -0.39 is 0 Å². The van der Waals surface area contributed by atoms with Crippen LogP contribution in [-0.2, 0) is 17.8 Å². The zero-order chi connectivity index (χ0) is 19.1. The lowest BCUT2D eigenvalue weighted by Gasteiger charge is -2.11. The topological polar surface area (TPSA) is 60.5 Å². The van der Waals surface area contributed by atoms with Crippen molar-refractivity contribution < 1.29 is 14.3 Å². The summed E-state index contributed by atoms with van der Waals surface area (Å²) in [6, 6.07) is 13.8. The number of methoxy groups -OCH3 is 1. The molecule has 1 aromatic heterocycles. The number of aryl methyl sites for hydroxylation is 1. The maximum Gasteiger partial charge on any atom is 0.220 e. The Balaban J connectivity index is 1.45. The molecule has 1 N–H and O–H groups in total. The molecule has 0 radical (unpaired) electrons. The normalized spacial score (nSPS) is 10.7. The minimum Gasteiger partial charge on any atom is -0.493 e. The van der Waals surface area contributed by atoms with Crippen molar-refractivity contribution in [3.8, 4) is 11.5 Å². The number of nitrogens with one attached hydrogen (secondary N) is 1. The minimum atomic E-state index is 0.0453. The Kier molecular flexibility index (Phi) is 6.65. The van der Waals surface area contributed by atoms with Gasteiger partial charge in [0, 0.05) is 13.0 Å². The van der Waals surface area contributed by atoms with Crippen LogP contribution in [0.5, 0.6) is 11.5 Å². The fraction of sp³-hybridized carbons (Fsp3) is 0.333. The van der Waals surface area contributed by atoms with Gasteiger partial charge in [-0.15, -0.1) is 11.3 Å². The number of ether oxygens (including phenoxy) is 2. The van der Waals surface area contributed by atoms with E-state index >= 15 is 0 Å². The van der Waals surface area contributed by atoms with Gasteiger partial charge in [0.25, 0.3) is 0 Å². The molecule has 0 unspecified atom stereocenters. The van der Waals surface area contributed by atoms with Crippen molar-refractivity contribution in [2.75, 3.05) is 13.7 Å². The van der Waals surface area contributed by atoms with Crippen molar-refractivity contribution in [1.82, 2.24) is 10.3 Å². The molecule has 0 saturated carbocycles. The number of rotatable bonds is 9. The fourth-order valence-electron chi connectivity index (χ4n) is 2.81. The van der Waals surface area contributed by atoms with Gasteiger partial charge in [-0.25, -0.2) is 4.98 Å². The molecule has 142 valence electrons. The van der Waals surface area contributed by atoms with E-state index in [2.05, 4.69) is 16.4 Å². The first-order valence-corrected chi connectivity index (χ1v) is 9.92. The summed E-state index contributed by atoms with van der Waals surface area (Å²) in [5.41, 5.74) is 2.02. The first kappa shape index (κ1) is 19.2. The van der Waals surface area contributed by atoms with Gasteiger partial charge in [-0.1, -0.05) is 18.2 Å². The number of aromatic nitrogens is 1. The summed E-state index contributed by atoms with van der Waals surface area (Å²) in [6.07, 6.45) is 2.10. The van der Waals surface area contributed by atoms with E-state index in [1.54, 1.807) is 18.4 Å². The zero-order valence-electron chi connectivity index (χ0n) is 15.7. The number of hydrogen-bond acceptors (Lipinski definition) is 5. The van der Waals surface area contributed by atoms with Crippen LogP contribution in [-0.4, -0.2) is 24.6 Å². The predicted molar refractivity (Wildman–Crippen MR) is 109 cm³/mol. The monoisotopic (exact) mass is 384 g/mol. The van der Waals surface area contributed by atoms with Crippen LogP contribution in [0.25, 0.3) is 10.2 Å².